The summed E-state index contributed by atoms with van der Waals surface area (Å²) < 4.78 is 5.22. The lowest BCUT2D eigenvalue weighted by Crippen LogP contribution is -2.53. The third-order valence-electron chi connectivity index (χ3n) is 4.59. The van der Waals surface area contributed by atoms with Crippen molar-refractivity contribution in [1.82, 2.24) is 5.32 Å². The molecule has 0 aliphatic heterocycles. The number of ether oxygens (including phenoxy) is 1. The second-order valence-electron chi connectivity index (χ2n) is 6.57. The summed E-state index contributed by atoms with van der Waals surface area (Å²) in [5, 5.41) is 14.2. The van der Waals surface area contributed by atoms with Crippen LogP contribution in [0.3, 0.4) is 0 Å². The summed E-state index contributed by atoms with van der Waals surface area (Å²) in [6, 6.07) is 11.5. The quantitative estimate of drug-likeness (QED) is 0.803. The molecule has 2 rings (SSSR count). The fourth-order valence-corrected chi connectivity index (χ4v) is 2.89. The van der Waals surface area contributed by atoms with Gasteiger partial charge in [0.15, 0.2) is 0 Å². The van der Waals surface area contributed by atoms with Crippen LogP contribution >= 0.6 is 0 Å². The smallest absolute Gasteiger partial charge is 0.329 e. The zero-order chi connectivity index (χ0) is 18.6. The number of hydrogen-bond acceptors (Lipinski definition) is 3. The Morgan fingerprint density at radius 1 is 1.20 bits per heavy atom. The summed E-state index contributed by atoms with van der Waals surface area (Å²) in [7, 11) is 1.62. The lowest BCUT2D eigenvalue weighted by atomic mass is 9.92. The molecule has 25 heavy (non-hydrogen) atoms. The number of amides is 1. The average molecular weight is 343 g/mol. The Bertz CT molecular complexity index is 786. The standard InChI is InChI=1S/C20H25NO4/c1-5-10-20(3,19(23)24)21-18(22)13(2)14-6-7-16-12-17(25-4)9-8-15(16)11-14/h6-9,11-13H,5,10H2,1-4H3,(H,21,22)(H,23,24). The van der Waals surface area contributed by atoms with E-state index in [1.54, 1.807) is 21.0 Å². The Balaban J connectivity index is 2.24. The minimum absolute atomic E-state index is 0.286. The van der Waals surface area contributed by atoms with E-state index in [4.69, 9.17) is 4.74 Å². The van der Waals surface area contributed by atoms with Crippen molar-refractivity contribution in [2.75, 3.05) is 7.11 Å². The monoisotopic (exact) mass is 343 g/mol. The molecule has 2 unspecified atom stereocenters. The van der Waals surface area contributed by atoms with Gasteiger partial charge in [0, 0.05) is 0 Å². The highest BCUT2D eigenvalue weighted by Crippen LogP contribution is 2.26. The molecule has 0 spiro atoms. The predicted molar refractivity (Wildman–Crippen MR) is 98.0 cm³/mol. The molecule has 0 saturated carbocycles. The second-order valence-corrected chi connectivity index (χ2v) is 6.57. The van der Waals surface area contributed by atoms with Crippen LogP contribution in [0.4, 0.5) is 0 Å². The number of aliphatic carboxylic acids is 1. The summed E-state index contributed by atoms with van der Waals surface area (Å²) >= 11 is 0. The summed E-state index contributed by atoms with van der Waals surface area (Å²) in [5.74, 6) is -0.961. The van der Waals surface area contributed by atoms with Crippen LogP contribution in [0.15, 0.2) is 36.4 Å². The molecule has 5 heteroatoms. The number of rotatable bonds is 7. The van der Waals surface area contributed by atoms with Gasteiger partial charge in [-0.1, -0.05) is 37.6 Å². The molecule has 2 aromatic carbocycles. The van der Waals surface area contributed by atoms with E-state index in [1.165, 1.54) is 0 Å². The number of hydrogen-bond donors (Lipinski definition) is 2. The van der Waals surface area contributed by atoms with E-state index in [-0.39, 0.29) is 5.91 Å². The first-order valence-corrected chi connectivity index (χ1v) is 8.44. The molecule has 0 radical (unpaired) electrons. The van der Waals surface area contributed by atoms with E-state index in [0.717, 1.165) is 22.1 Å². The molecule has 2 aromatic rings. The lowest BCUT2D eigenvalue weighted by molar-refractivity contribution is -0.147. The first-order chi connectivity index (χ1) is 11.8. The van der Waals surface area contributed by atoms with Gasteiger partial charge in [-0.25, -0.2) is 4.79 Å². The number of fused-ring (bicyclic) bond motifs is 1. The fourth-order valence-electron chi connectivity index (χ4n) is 2.89. The van der Waals surface area contributed by atoms with E-state index in [0.29, 0.717) is 12.8 Å². The van der Waals surface area contributed by atoms with Crippen molar-refractivity contribution in [3.63, 3.8) is 0 Å². The van der Waals surface area contributed by atoms with Gasteiger partial charge in [0.1, 0.15) is 11.3 Å². The van der Waals surface area contributed by atoms with Gasteiger partial charge in [-0.15, -0.1) is 0 Å². The number of carbonyl (C=O) groups excluding carboxylic acids is 1. The van der Waals surface area contributed by atoms with E-state index in [2.05, 4.69) is 5.32 Å². The molecule has 0 saturated heterocycles. The van der Waals surface area contributed by atoms with Gasteiger partial charge < -0.3 is 15.2 Å². The van der Waals surface area contributed by atoms with Crippen LogP contribution in [-0.2, 0) is 9.59 Å². The number of carboxylic acid groups (broad SMARTS) is 1. The molecule has 1 amide bonds. The van der Waals surface area contributed by atoms with E-state index in [1.807, 2.05) is 43.3 Å². The molecule has 2 N–H and O–H groups in total. The van der Waals surface area contributed by atoms with Gasteiger partial charge >= 0.3 is 5.97 Å². The second kappa shape index (κ2) is 7.55. The van der Waals surface area contributed by atoms with Crippen molar-refractivity contribution in [1.29, 1.82) is 0 Å². The van der Waals surface area contributed by atoms with Gasteiger partial charge in [-0.3, -0.25) is 4.79 Å². The number of carbonyl (C=O) groups is 2. The number of nitrogens with one attached hydrogen (secondary N) is 1. The molecule has 0 fully saturated rings. The molecule has 0 aliphatic rings. The van der Waals surface area contributed by atoms with Crippen molar-refractivity contribution >= 4 is 22.6 Å². The molecule has 0 aromatic heterocycles. The maximum atomic E-state index is 12.6. The van der Waals surface area contributed by atoms with Gasteiger partial charge in [-0.2, -0.15) is 0 Å². The molecular weight excluding hydrogens is 318 g/mol. The van der Waals surface area contributed by atoms with Gasteiger partial charge in [0.25, 0.3) is 0 Å². The summed E-state index contributed by atoms with van der Waals surface area (Å²) in [4.78, 5) is 24.1. The third-order valence-corrected chi connectivity index (χ3v) is 4.59. The molecule has 0 bridgehead atoms. The Hall–Kier alpha value is -2.56. The minimum atomic E-state index is -1.25. The predicted octanol–water partition coefficient (Wildman–Crippen LogP) is 3.71. The Morgan fingerprint density at radius 2 is 1.84 bits per heavy atom. The SMILES string of the molecule is CCCC(C)(NC(=O)C(C)c1ccc2cc(OC)ccc2c1)C(=O)O. The van der Waals surface area contributed by atoms with Crippen LogP contribution in [0, 0.1) is 0 Å². The molecule has 134 valence electrons. The van der Waals surface area contributed by atoms with E-state index < -0.39 is 17.4 Å². The Labute approximate surface area is 148 Å². The Kier molecular flexibility index (Phi) is 5.67. The number of methoxy groups -OCH3 is 1. The molecule has 2 atom stereocenters. The third kappa shape index (κ3) is 4.10. The van der Waals surface area contributed by atoms with E-state index >= 15 is 0 Å². The number of benzene rings is 2. The van der Waals surface area contributed by atoms with Crippen molar-refractivity contribution in [2.45, 2.75) is 45.1 Å². The van der Waals surface area contributed by atoms with Crippen LogP contribution in [0.5, 0.6) is 5.75 Å². The highest BCUT2D eigenvalue weighted by molar-refractivity contribution is 5.91. The zero-order valence-electron chi connectivity index (χ0n) is 15.1. The van der Waals surface area contributed by atoms with Crippen LogP contribution in [0.25, 0.3) is 10.8 Å². The summed E-state index contributed by atoms with van der Waals surface area (Å²) in [6.45, 7) is 5.23. The maximum absolute atomic E-state index is 12.6. The van der Waals surface area contributed by atoms with Crippen molar-refractivity contribution < 1.29 is 19.4 Å². The van der Waals surface area contributed by atoms with E-state index in [9.17, 15) is 14.7 Å². The lowest BCUT2D eigenvalue weighted by Gasteiger charge is -2.27. The first-order valence-electron chi connectivity index (χ1n) is 8.44. The molecule has 0 heterocycles. The summed E-state index contributed by atoms with van der Waals surface area (Å²) in [5.41, 5.74) is -0.399. The van der Waals surface area contributed by atoms with Crippen LogP contribution in [-0.4, -0.2) is 29.6 Å². The Morgan fingerprint density at radius 3 is 2.44 bits per heavy atom. The zero-order valence-corrected chi connectivity index (χ0v) is 15.1. The topological polar surface area (TPSA) is 75.6 Å². The van der Waals surface area contributed by atoms with Crippen molar-refractivity contribution in [2.24, 2.45) is 0 Å². The first kappa shape index (κ1) is 18.8. The fraction of sp³-hybridized carbons (Fsp3) is 0.400. The van der Waals surface area contributed by atoms with Crippen LogP contribution in [0.1, 0.15) is 45.1 Å². The normalized spacial score (nSPS) is 14.6. The van der Waals surface area contributed by atoms with Crippen LogP contribution < -0.4 is 10.1 Å². The highest BCUT2D eigenvalue weighted by Gasteiger charge is 2.35. The van der Waals surface area contributed by atoms with Crippen molar-refractivity contribution in [3.8, 4) is 5.75 Å². The molecular formula is C20H25NO4. The largest absolute Gasteiger partial charge is 0.497 e. The summed E-state index contributed by atoms with van der Waals surface area (Å²) in [6.07, 6.45) is 1.06. The molecule has 0 aliphatic carbocycles. The van der Waals surface area contributed by atoms with Gasteiger partial charge in [-0.05, 0) is 48.7 Å². The number of carboxylic acids is 1. The van der Waals surface area contributed by atoms with Crippen molar-refractivity contribution in [3.05, 3.63) is 42.0 Å². The average Bonchev–Trinajstić information content (AvgIpc) is 2.60. The highest BCUT2D eigenvalue weighted by atomic mass is 16.5. The molecule has 5 nitrogen and oxygen atoms in total. The van der Waals surface area contributed by atoms with Gasteiger partial charge in [0.05, 0.1) is 13.0 Å². The van der Waals surface area contributed by atoms with Crippen LogP contribution in [0.2, 0.25) is 0 Å². The minimum Gasteiger partial charge on any atom is -0.497 e. The van der Waals surface area contributed by atoms with Gasteiger partial charge in [0.2, 0.25) is 5.91 Å². The maximum Gasteiger partial charge on any atom is 0.329 e.